The van der Waals surface area contributed by atoms with E-state index < -0.39 is 0 Å². The molecular formula is C21H29FIN5. The fourth-order valence-corrected chi connectivity index (χ4v) is 3.32. The third-order valence-corrected chi connectivity index (χ3v) is 4.91. The second-order valence-corrected chi connectivity index (χ2v) is 6.89. The minimum Gasteiger partial charge on any atom is -0.357 e. The number of guanidine groups is 1. The molecule has 0 spiro atoms. The molecule has 2 heterocycles. The molecule has 0 radical (unpaired) electrons. The van der Waals surface area contributed by atoms with Crippen molar-refractivity contribution in [2.24, 2.45) is 4.99 Å². The molecule has 0 amide bonds. The van der Waals surface area contributed by atoms with Gasteiger partial charge in [-0.2, -0.15) is 0 Å². The molecule has 1 aromatic carbocycles. The summed E-state index contributed by atoms with van der Waals surface area (Å²) in [5.41, 5.74) is 3.24. The van der Waals surface area contributed by atoms with Gasteiger partial charge >= 0.3 is 0 Å². The molecule has 3 rings (SSSR count). The number of aryl methyl sites for hydroxylation is 1. The third kappa shape index (κ3) is 6.32. The summed E-state index contributed by atoms with van der Waals surface area (Å²) in [6.07, 6.45) is 5.25. The van der Waals surface area contributed by atoms with E-state index >= 15 is 0 Å². The number of nitrogens with one attached hydrogen (secondary N) is 2. The largest absolute Gasteiger partial charge is 0.357 e. The number of benzene rings is 1. The Morgan fingerprint density at radius 3 is 2.61 bits per heavy atom. The first-order valence-electron chi connectivity index (χ1n) is 9.55. The molecule has 0 saturated carbocycles. The SMILES string of the molecule is CN=C(NCCc1ccc(F)cc1C)NCc1ccc(N2CCCC2)nc1.I. The van der Waals surface area contributed by atoms with Crippen LogP contribution >= 0.6 is 24.0 Å². The van der Waals surface area contributed by atoms with Crippen molar-refractivity contribution in [3.05, 3.63) is 59.0 Å². The van der Waals surface area contributed by atoms with Crippen molar-refractivity contribution >= 4 is 35.8 Å². The topological polar surface area (TPSA) is 52.6 Å². The minimum absolute atomic E-state index is 0. The van der Waals surface area contributed by atoms with Crippen LogP contribution in [0.15, 0.2) is 41.5 Å². The van der Waals surface area contributed by atoms with Crippen molar-refractivity contribution in [3.8, 4) is 0 Å². The molecule has 7 heteroatoms. The second kappa shape index (κ2) is 11.2. The number of pyridine rings is 1. The van der Waals surface area contributed by atoms with E-state index in [9.17, 15) is 4.39 Å². The Hall–Kier alpha value is -1.90. The number of rotatable bonds is 6. The Balaban J connectivity index is 0.00000280. The lowest BCUT2D eigenvalue weighted by molar-refractivity contribution is 0.625. The Morgan fingerprint density at radius 1 is 1.18 bits per heavy atom. The molecule has 0 atom stereocenters. The van der Waals surface area contributed by atoms with Crippen molar-refractivity contribution in [1.29, 1.82) is 0 Å². The van der Waals surface area contributed by atoms with Crippen LogP contribution in [0, 0.1) is 12.7 Å². The normalized spacial score (nSPS) is 14.0. The van der Waals surface area contributed by atoms with Crippen molar-refractivity contribution in [3.63, 3.8) is 0 Å². The summed E-state index contributed by atoms with van der Waals surface area (Å²) in [4.78, 5) is 11.2. The highest BCUT2D eigenvalue weighted by Gasteiger charge is 2.12. The highest BCUT2D eigenvalue weighted by atomic mass is 127. The predicted molar refractivity (Wildman–Crippen MR) is 124 cm³/mol. The lowest BCUT2D eigenvalue weighted by Gasteiger charge is -2.16. The van der Waals surface area contributed by atoms with Crippen LogP contribution in [0.4, 0.5) is 10.2 Å². The van der Waals surface area contributed by atoms with Gasteiger partial charge in [0.1, 0.15) is 11.6 Å². The van der Waals surface area contributed by atoms with Crippen LogP contribution in [0.5, 0.6) is 0 Å². The van der Waals surface area contributed by atoms with Crippen LogP contribution in [0.2, 0.25) is 0 Å². The Labute approximate surface area is 183 Å². The Kier molecular flexibility index (Phi) is 8.95. The summed E-state index contributed by atoms with van der Waals surface area (Å²) in [7, 11) is 1.76. The van der Waals surface area contributed by atoms with Gasteiger partial charge in [-0.1, -0.05) is 12.1 Å². The number of anilines is 1. The van der Waals surface area contributed by atoms with Gasteiger partial charge in [0.2, 0.25) is 0 Å². The quantitative estimate of drug-likeness (QED) is 0.364. The molecule has 5 nitrogen and oxygen atoms in total. The van der Waals surface area contributed by atoms with Gasteiger partial charge in [0.05, 0.1) is 0 Å². The Bertz CT molecular complexity index is 773. The number of nitrogens with zero attached hydrogens (tertiary/aromatic N) is 3. The number of hydrogen-bond acceptors (Lipinski definition) is 3. The maximum atomic E-state index is 13.2. The van der Waals surface area contributed by atoms with Gasteiger partial charge in [0, 0.05) is 39.4 Å². The Morgan fingerprint density at radius 2 is 1.96 bits per heavy atom. The maximum Gasteiger partial charge on any atom is 0.191 e. The lowest BCUT2D eigenvalue weighted by Crippen LogP contribution is -2.37. The highest BCUT2D eigenvalue weighted by Crippen LogP contribution is 2.17. The maximum absolute atomic E-state index is 13.2. The molecule has 1 fully saturated rings. The minimum atomic E-state index is -0.189. The molecule has 152 valence electrons. The summed E-state index contributed by atoms with van der Waals surface area (Å²) in [5.74, 6) is 1.62. The molecule has 1 aliphatic rings. The summed E-state index contributed by atoms with van der Waals surface area (Å²) in [6, 6.07) is 9.13. The number of aromatic nitrogens is 1. The molecule has 1 saturated heterocycles. The highest BCUT2D eigenvalue weighted by molar-refractivity contribution is 14.0. The van der Waals surface area contributed by atoms with E-state index in [2.05, 4.69) is 37.6 Å². The molecule has 28 heavy (non-hydrogen) atoms. The summed E-state index contributed by atoms with van der Waals surface area (Å²) in [5, 5.41) is 6.61. The molecule has 0 bridgehead atoms. The van der Waals surface area contributed by atoms with Crippen molar-refractivity contribution in [2.75, 3.05) is 31.6 Å². The average molecular weight is 497 g/mol. The predicted octanol–water partition coefficient (Wildman–Crippen LogP) is 3.66. The van der Waals surface area contributed by atoms with E-state index in [-0.39, 0.29) is 29.8 Å². The zero-order valence-corrected chi connectivity index (χ0v) is 18.9. The molecule has 0 unspecified atom stereocenters. The molecule has 2 N–H and O–H groups in total. The van der Waals surface area contributed by atoms with Gasteiger partial charge in [0.25, 0.3) is 0 Å². The van der Waals surface area contributed by atoms with E-state index in [0.29, 0.717) is 6.54 Å². The number of aliphatic imine (C=N–C) groups is 1. The second-order valence-electron chi connectivity index (χ2n) is 6.89. The first kappa shape index (κ1) is 22.4. The van der Waals surface area contributed by atoms with Gasteiger partial charge in [0.15, 0.2) is 5.96 Å². The fourth-order valence-electron chi connectivity index (χ4n) is 3.32. The van der Waals surface area contributed by atoms with Gasteiger partial charge in [-0.3, -0.25) is 4.99 Å². The van der Waals surface area contributed by atoms with E-state index in [0.717, 1.165) is 54.5 Å². The van der Waals surface area contributed by atoms with Crippen LogP contribution in [-0.4, -0.2) is 37.6 Å². The van der Waals surface area contributed by atoms with E-state index in [1.165, 1.54) is 18.9 Å². The zero-order valence-electron chi connectivity index (χ0n) is 16.5. The molecule has 1 aromatic heterocycles. The molecule has 2 aromatic rings. The number of hydrogen-bond donors (Lipinski definition) is 2. The van der Waals surface area contributed by atoms with Gasteiger partial charge < -0.3 is 15.5 Å². The zero-order chi connectivity index (χ0) is 19.1. The van der Waals surface area contributed by atoms with Crippen LogP contribution < -0.4 is 15.5 Å². The summed E-state index contributed by atoms with van der Waals surface area (Å²) < 4.78 is 13.2. The van der Waals surface area contributed by atoms with Crippen LogP contribution in [0.3, 0.4) is 0 Å². The first-order valence-corrected chi connectivity index (χ1v) is 9.55. The summed E-state index contributed by atoms with van der Waals surface area (Å²) in [6.45, 7) is 5.55. The van der Waals surface area contributed by atoms with Gasteiger partial charge in [-0.15, -0.1) is 24.0 Å². The van der Waals surface area contributed by atoms with Gasteiger partial charge in [-0.05, 0) is 61.1 Å². The van der Waals surface area contributed by atoms with Crippen molar-refractivity contribution < 1.29 is 4.39 Å². The van der Waals surface area contributed by atoms with E-state index in [1.54, 1.807) is 13.1 Å². The van der Waals surface area contributed by atoms with Crippen molar-refractivity contribution in [1.82, 2.24) is 15.6 Å². The molecule has 0 aliphatic carbocycles. The first-order chi connectivity index (χ1) is 13.2. The van der Waals surface area contributed by atoms with Crippen molar-refractivity contribution in [2.45, 2.75) is 32.7 Å². The standard InChI is InChI=1S/C21H28FN5.HI/c1-16-13-19(22)7-6-18(16)9-10-24-21(23-2)26-15-17-5-8-20(25-14-17)27-11-3-4-12-27;/h5-8,13-14H,3-4,9-12,15H2,1-2H3,(H2,23,24,26);1H. The monoisotopic (exact) mass is 497 g/mol. The lowest BCUT2D eigenvalue weighted by atomic mass is 10.1. The molecular weight excluding hydrogens is 468 g/mol. The van der Waals surface area contributed by atoms with Crippen LogP contribution in [0.25, 0.3) is 0 Å². The third-order valence-electron chi connectivity index (χ3n) is 4.91. The molecule has 1 aliphatic heterocycles. The van der Waals surface area contributed by atoms with Crippen LogP contribution in [0.1, 0.15) is 29.5 Å². The smallest absolute Gasteiger partial charge is 0.191 e. The average Bonchev–Trinajstić information content (AvgIpc) is 3.21. The van der Waals surface area contributed by atoms with Crippen LogP contribution in [-0.2, 0) is 13.0 Å². The van der Waals surface area contributed by atoms with Gasteiger partial charge in [-0.25, -0.2) is 9.37 Å². The van der Waals surface area contributed by atoms with E-state index in [1.807, 2.05) is 19.2 Å². The fraction of sp³-hybridized carbons (Fsp3) is 0.429. The summed E-state index contributed by atoms with van der Waals surface area (Å²) >= 11 is 0. The number of halogens is 2. The van der Waals surface area contributed by atoms with E-state index in [4.69, 9.17) is 0 Å².